The molecular formula is C11H9BrN2O3S. The van der Waals surface area contributed by atoms with Crippen molar-refractivity contribution in [2.75, 3.05) is 0 Å². The summed E-state index contributed by atoms with van der Waals surface area (Å²) in [5.41, 5.74) is -0.0992. The van der Waals surface area contributed by atoms with Crippen LogP contribution in [0.4, 0.5) is 0 Å². The molecule has 0 spiro atoms. The predicted octanol–water partition coefficient (Wildman–Crippen LogP) is 1.51. The quantitative estimate of drug-likeness (QED) is 0.926. The van der Waals surface area contributed by atoms with Crippen molar-refractivity contribution in [3.05, 3.63) is 57.0 Å². The average molecular weight is 329 g/mol. The summed E-state index contributed by atoms with van der Waals surface area (Å²) in [6.45, 7) is 0. The molecule has 2 rings (SSSR count). The van der Waals surface area contributed by atoms with Gasteiger partial charge in [0, 0.05) is 16.9 Å². The van der Waals surface area contributed by atoms with E-state index in [0.717, 1.165) is 4.47 Å². The number of nitrogens with one attached hydrogen (secondary N) is 1. The van der Waals surface area contributed by atoms with Crippen LogP contribution in [0.1, 0.15) is 5.56 Å². The number of aromatic nitrogens is 2. The minimum atomic E-state index is -3.73. The van der Waals surface area contributed by atoms with Crippen molar-refractivity contribution in [3.63, 3.8) is 0 Å². The summed E-state index contributed by atoms with van der Waals surface area (Å²) >= 11 is 3.26. The fraction of sp³-hybridized carbons (Fsp3) is 0.0909. The van der Waals surface area contributed by atoms with Gasteiger partial charge in [0.2, 0.25) is 14.9 Å². The molecule has 1 heterocycles. The number of sulfone groups is 1. The molecule has 0 aliphatic carbocycles. The number of hydrogen-bond donors (Lipinski definition) is 1. The number of aromatic amines is 1. The Balaban J connectivity index is 2.36. The molecule has 2 aromatic rings. The average Bonchev–Trinajstić information content (AvgIpc) is 2.32. The first-order chi connectivity index (χ1) is 8.49. The second-order valence-corrected chi connectivity index (χ2v) is 6.43. The summed E-state index contributed by atoms with van der Waals surface area (Å²) in [6.07, 6.45) is 2.54. The number of hydrogen-bond acceptors (Lipinski definition) is 4. The lowest BCUT2D eigenvalue weighted by Gasteiger charge is -2.02. The summed E-state index contributed by atoms with van der Waals surface area (Å²) < 4.78 is 24.9. The minimum Gasteiger partial charge on any atom is -0.325 e. The summed E-state index contributed by atoms with van der Waals surface area (Å²) in [6, 6.07) is 6.85. The molecule has 0 saturated carbocycles. The van der Waals surface area contributed by atoms with Crippen LogP contribution in [0.5, 0.6) is 0 Å². The Bertz CT molecular complexity index is 708. The van der Waals surface area contributed by atoms with Crippen molar-refractivity contribution in [2.24, 2.45) is 0 Å². The van der Waals surface area contributed by atoms with Crippen LogP contribution in [0.15, 0.2) is 51.0 Å². The monoisotopic (exact) mass is 328 g/mol. The Kier molecular flexibility index (Phi) is 3.63. The van der Waals surface area contributed by atoms with Gasteiger partial charge in [-0.3, -0.25) is 4.79 Å². The van der Waals surface area contributed by atoms with Gasteiger partial charge in [-0.2, -0.15) is 0 Å². The van der Waals surface area contributed by atoms with E-state index in [0.29, 0.717) is 5.56 Å². The maximum Gasteiger partial charge on any atom is 0.285 e. The van der Waals surface area contributed by atoms with E-state index < -0.39 is 20.4 Å². The van der Waals surface area contributed by atoms with E-state index in [-0.39, 0.29) is 5.75 Å². The van der Waals surface area contributed by atoms with E-state index in [1.165, 1.54) is 12.4 Å². The van der Waals surface area contributed by atoms with Crippen LogP contribution in [0.25, 0.3) is 0 Å². The Hall–Kier alpha value is -1.47. The highest BCUT2D eigenvalue weighted by Gasteiger charge is 2.20. The van der Waals surface area contributed by atoms with Gasteiger partial charge < -0.3 is 4.98 Å². The molecule has 0 amide bonds. The molecule has 1 aromatic carbocycles. The van der Waals surface area contributed by atoms with Gasteiger partial charge in [-0.1, -0.05) is 28.1 Å². The number of nitrogens with zero attached hydrogens (tertiary/aromatic N) is 1. The van der Waals surface area contributed by atoms with Crippen LogP contribution in [0.2, 0.25) is 0 Å². The predicted molar refractivity (Wildman–Crippen MR) is 69.9 cm³/mol. The largest absolute Gasteiger partial charge is 0.325 e. The molecule has 0 radical (unpaired) electrons. The van der Waals surface area contributed by atoms with Gasteiger partial charge in [-0.05, 0) is 17.7 Å². The zero-order valence-electron chi connectivity index (χ0n) is 9.13. The summed E-state index contributed by atoms with van der Waals surface area (Å²) in [5.74, 6) is -0.250. The summed E-state index contributed by atoms with van der Waals surface area (Å²) in [5, 5.41) is -0.451. The van der Waals surface area contributed by atoms with Crippen molar-refractivity contribution in [2.45, 2.75) is 10.8 Å². The molecule has 0 saturated heterocycles. The van der Waals surface area contributed by atoms with Gasteiger partial charge in [-0.15, -0.1) is 0 Å². The lowest BCUT2D eigenvalue weighted by molar-refractivity contribution is 0.589. The molecule has 5 nitrogen and oxygen atoms in total. The maximum absolute atomic E-state index is 12.0. The second-order valence-electron chi connectivity index (χ2n) is 3.61. The van der Waals surface area contributed by atoms with Gasteiger partial charge in [-0.25, -0.2) is 13.4 Å². The van der Waals surface area contributed by atoms with E-state index >= 15 is 0 Å². The third-order valence-electron chi connectivity index (χ3n) is 2.24. The fourth-order valence-corrected chi connectivity index (χ4v) is 3.02. The molecule has 0 aliphatic heterocycles. The molecule has 18 heavy (non-hydrogen) atoms. The van der Waals surface area contributed by atoms with Crippen molar-refractivity contribution in [3.8, 4) is 0 Å². The molecule has 0 fully saturated rings. The van der Waals surface area contributed by atoms with Gasteiger partial charge >= 0.3 is 0 Å². The smallest absolute Gasteiger partial charge is 0.285 e. The van der Waals surface area contributed by atoms with E-state index in [4.69, 9.17) is 0 Å². The third-order valence-corrected chi connectivity index (χ3v) is 4.36. The third kappa shape index (κ3) is 2.85. The van der Waals surface area contributed by atoms with E-state index in [2.05, 4.69) is 25.9 Å². The van der Waals surface area contributed by atoms with Crippen LogP contribution >= 0.6 is 15.9 Å². The van der Waals surface area contributed by atoms with Crippen molar-refractivity contribution in [1.82, 2.24) is 9.97 Å². The van der Waals surface area contributed by atoms with Gasteiger partial charge in [0.05, 0.1) is 5.75 Å². The Labute approximate surface area is 112 Å². The first-order valence-electron chi connectivity index (χ1n) is 5.00. The van der Waals surface area contributed by atoms with E-state index in [9.17, 15) is 13.2 Å². The van der Waals surface area contributed by atoms with E-state index in [1.54, 1.807) is 24.3 Å². The second kappa shape index (κ2) is 5.03. The SMILES string of the molecule is O=c1[nH]ccnc1S(=O)(=O)Cc1ccc(Br)cc1. The Morgan fingerprint density at radius 1 is 1.22 bits per heavy atom. The van der Waals surface area contributed by atoms with Crippen LogP contribution in [-0.2, 0) is 15.6 Å². The number of benzene rings is 1. The zero-order chi connectivity index (χ0) is 13.2. The fourth-order valence-electron chi connectivity index (χ4n) is 1.43. The molecule has 7 heteroatoms. The highest BCUT2D eigenvalue weighted by molar-refractivity contribution is 9.10. The van der Waals surface area contributed by atoms with Crippen LogP contribution in [0.3, 0.4) is 0 Å². The van der Waals surface area contributed by atoms with Crippen molar-refractivity contribution >= 4 is 25.8 Å². The molecule has 0 bridgehead atoms. The van der Waals surface area contributed by atoms with E-state index in [1.807, 2.05) is 0 Å². The minimum absolute atomic E-state index is 0.250. The van der Waals surface area contributed by atoms with Gasteiger partial charge in [0.1, 0.15) is 0 Å². The zero-order valence-corrected chi connectivity index (χ0v) is 11.5. The molecular weight excluding hydrogens is 320 g/mol. The molecule has 1 N–H and O–H groups in total. The summed E-state index contributed by atoms with van der Waals surface area (Å²) in [7, 11) is -3.73. The molecule has 0 unspecified atom stereocenters. The lowest BCUT2D eigenvalue weighted by Crippen LogP contribution is -2.20. The lowest BCUT2D eigenvalue weighted by atomic mass is 10.2. The van der Waals surface area contributed by atoms with Crippen LogP contribution in [-0.4, -0.2) is 18.4 Å². The Morgan fingerprint density at radius 2 is 1.89 bits per heavy atom. The topological polar surface area (TPSA) is 79.9 Å². The number of halogens is 1. The first kappa shape index (κ1) is 13.0. The maximum atomic E-state index is 12.0. The standard InChI is InChI=1S/C11H9BrN2O3S/c12-9-3-1-8(2-4-9)7-18(16,17)11-10(15)13-5-6-14-11/h1-6H,7H2,(H,13,15). The molecule has 1 aromatic heterocycles. The normalized spacial score (nSPS) is 11.4. The summed E-state index contributed by atoms with van der Waals surface area (Å²) in [4.78, 5) is 17.3. The highest BCUT2D eigenvalue weighted by Crippen LogP contribution is 2.15. The number of rotatable bonds is 3. The molecule has 94 valence electrons. The van der Waals surface area contributed by atoms with Crippen LogP contribution in [0, 0.1) is 0 Å². The first-order valence-corrected chi connectivity index (χ1v) is 7.44. The molecule has 0 atom stereocenters. The van der Waals surface area contributed by atoms with Gasteiger partial charge in [0.15, 0.2) is 0 Å². The van der Waals surface area contributed by atoms with Crippen molar-refractivity contribution < 1.29 is 8.42 Å². The molecule has 0 aliphatic rings. The Morgan fingerprint density at radius 3 is 2.50 bits per heavy atom. The van der Waals surface area contributed by atoms with Crippen LogP contribution < -0.4 is 5.56 Å². The van der Waals surface area contributed by atoms with Crippen molar-refractivity contribution in [1.29, 1.82) is 0 Å². The van der Waals surface area contributed by atoms with Gasteiger partial charge in [0.25, 0.3) is 5.56 Å². The highest BCUT2D eigenvalue weighted by atomic mass is 79.9. The number of H-pyrrole nitrogens is 1.